The number of carboxylic acid groups (broad SMARTS) is 1. The number of ether oxygens (including phenoxy) is 2. The SMILES string of the molecule is CCC(=O)OC(c1ccc(-c2ccccc2C(=O)O)cc1)c1ccc(C)c2nc(OC)cn12. The quantitative estimate of drug-likeness (QED) is 0.401. The van der Waals surface area contributed by atoms with Crippen molar-refractivity contribution in [3.8, 4) is 17.0 Å². The van der Waals surface area contributed by atoms with Crippen LogP contribution in [0.5, 0.6) is 5.88 Å². The van der Waals surface area contributed by atoms with Gasteiger partial charge in [0.2, 0.25) is 5.88 Å². The minimum Gasteiger partial charge on any atom is -0.480 e. The van der Waals surface area contributed by atoms with Crippen molar-refractivity contribution in [3.05, 3.63) is 89.2 Å². The second-order valence-corrected chi connectivity index (χ2v) is 7.61. The predicted molar refractivity (Wildman–Crippen MR) is 124 cm³/mol. The Kier molecular flexibility index (Phi) is 6.13. The lowest BCUT2D eigenvalue weighted by molar-refractivity contribution is -0.147. The van der Waals surface area contributed by atoms with E-state index in [0.29, 0.717) is 17.1 Å². The van der Waals surface area contributed by atoms with Crippen LogP contribution in [0.4, 0.5) is 0 Å². The standard InChI is InChI=1S/C26H24N2O5/c1-4-23(29)33-24(21-14-9-16(2)25-27-22(32-3)15-28(21)25)18-12-10-17(11-13-18)19-7-5-6-8-20(19)26(30)31/h5-15,24H,4H2,1-3H3,(H,30,31). The number of rotatable bonds is 7. The molecule has 0 radical (unpaired) electrons. The molecular formula is C26H24N2O5. The van der Waals surface area contributed by atoms with Gasteiger partial charge >= 0.3 is 11.9 Å². The minimum atomic E-state index is -0.986. The number of hydrogen-bond acceptors (Lipinski definition) is 5. The van der Waals surface area contributed by atoms with Crippen LogP contribution in [0.25, 0.3) is 16.8 Å². The minimum absolute atomic E-state index is 0.227. The molecule has 1 N–H and O–H groups in total. The molecule has 0 aliphatic heterocycles. The van der Waals surface area contributed by atoms with Gasteiger partial charge in [-0.25, -0.2) is 4.79 Å². The highest BCUT2D eigenvalue weighted by molar-refractivity contribution is 5.96. The molecule has 0 aliphatic carbocycles. The Morgan fingerprint density at radius 1 is 1.06 bits per heavy atom. The summed E-state index contributed by atoms with van der Waals surface area (Å²) in [5.41, 5.74) is 4.77. The van der Waals surface area contributed by atoms with Crippen molar-refractivity contribution >= 4 is 17.6 Å². The fraction of sp³-hybridized carbons (Fsp3) is 0.192. The third kappa shape index (κ3) is 4.30. The molecule has 0 aliphatic rings. The zero-order chi connectivity index (χ0) is 23.5. The molecule has 0 saturated carbocycles. The van der Waals surface area contributed by atoms with Crippen LogP contribution < -0.4 is 4.74 Å². The molecule has 168 valence electrons. The molecule has 0 saturated heterocycles. The summed E-state index contributed by atoms with van der Waals surface area (Å²) in [7, 11) is 1.55. The molecule has 2 heterocycles. The molecule has 7 heteroatoms. The van der Waals surface area contributed by atoms with Crippen LogP contribution in [0.2, 0.25) is 0 Å². The van der Waals surface area contributed by atoms with E-state index in [9.17, 15) is 14.7 Å². The number of carbonyl (C=O) groups excluding carboxylic acids is 1. The molecule has 33 heavy (non-hydrogen) atoms. The first-order valence-electron chi connectivity index (χ1n) is 10.6. The number of carbonyl (C=O) groups is 2. The van der Waals surface area contributed by atoms with E-state index in [1.807, 2.05) is 47.7 Å². The van der Waals surface area contributed by atoms with Crippen molar-refractivity contribution in [2.75, 3.05) is 7.11 Å². The van der Waals surface area contributed by atoms with Gasteiger partial charge in [0.05, 0.1) is 24.6 Å². The number of benzene rings is 2. The van der Waals surface area contributed by atoms with E-state index >= 15 is 0 Å². The van der Waals surface area contributed by atoms with Gasteiger partial charge in [-0.2, -0.15) is 4.98 Å². The lowest BCUT2D eigenvalue weighted by atomic mass is 9.97. The number of pyridine rings is 1. The molecule has 0 fully saturated rings. The van der Waals surface area contributed by atoms with E-state index in [1.165, 1.54) is 0 Å². The Labute approximate surface area is 191 Å². The monoisotopic (exact) mass is 444 g/mol. The average molecular weight is 444 g/mol. The van der Waals surface area contributed by atoms with Crippen molar-refractivity contribution in [2.45, 2.75) is 26.4 Å². The van der Waals surface area contributed by atoms with E-state index in [-0.39, 0.29) is 18.0 Å². The second-order valence-electron chi connectivity index (χ2n) is 7.61. The molecule has 4 rings (SSSR count). The topological polar surface area (TPSA) is 90.1 Å². The van der Waals surface area contributed by atoms with Gasteiger partial charge in [-0.1, -0.05) is 55.5 Å². The smallest absolute Gasteiger partial charge is 0.336 e. The summed E-state index contributed by atoms with van der Waals surface area (Å²) in [6, 6.07) is 18.1. The van der Waals surface area contributed by atoms with Crippen LogP contribution in [0.3, 0.4) is 0 Å². The van der Waals surface area contributed by atoms with Gasteiger partial charge in [0.25, 0.3) is 0 Å². The van der Waals surface area contributed by atoms with Crippen LogP contribution in [0.1, 0.15) is 46.6 Å². The van der Waals surface area contributed by atoms with E-state index in [2.05, 4.69) is 4.98 Å². The Morgan fingerprint density at radius 2 is 1.79 bits per heavy atom. The zero-order valence-corrected chi connectivity index (χ0v) is 18.6. The number of methoxy groups -OCH3 is 1. The average Bonchev–Trinajstić information content (AvgIpc) is 3.29. The molecule has 1 unspecified atom stereocenters. The summed E-state index contributed by atoms with van der Waals surface area (Å²) in [4.78, 5) is 28.4. The number of fused-ring (bicyclic) bond motifs is 1. The largest absolute Gasteiger partial charge is 0.480 e. The van der Waals surface area contributed by atoms with Gasteiger partial charge in [0.15, 0.2) is 6.10 Å². The van der Waals surface area contributed by atoms with E-state index < -0.39 is 12.1 Å². The van der Waals surface area contributed by atoms with Gasteiger partial charge < -0.3 is 14.6 Å². The number of aryl methyl sites for hydroxylation is 1. The van der Waals surface area contributed by atoms with Gasteiger partial charge in [-0.15, -0.1) is 0 Å². The van der Waals surface area contributed by atoms with Crippen molar-refractivity contribution < 1.29 is 24.2 Å². The molecule has 0 bridgehead atoms. The Bertz CT molecular complexity index is 1320. The summed E-state index contributed by atoms with van der Waals surface area (Å²) >= 11 is 0. The fourth-order valence-electron chi connectivity index (χ4n) is 3.78. The summed E-state index contributed by atoms with van der Waals surface area (Å²) in [6.45, 7) is 3.70. The highest BCUT2D eigenvalue weighted by atomic mass is 16.5. The molecule has 0 amide bonds. The van der Waals surface area contributed by atoms with Crippen molar-refractivity contribution in [3.63, 3.8) is 0 Å². The first-order valence-corrected chi connectivity index (χ1v) is 10.6. The third-order valence-electron chi connectivity index (χ3n) is 5.52. The lowest BCUT2D eigenvalue weighted by Gasteiger charge is -2.21. The third-order valence-corrected chi connectivity index (χ3v) is 5.52. The number of nitrogens with zero attached hydrogens (tertiary/aromatic N) is 2. The lowest BCUT2D eigenvalue weighted by Crippen LogP contribution is -2.15. The first-order chi connectivity index (χ1) is 15.9. The van der Waals surface area contributed by atoms with Crippen molar-refractivity contribution in [2.24, 2.45) is 0 Å². The highest BCUT2D eigenvalue weighted by Gasteiger charge is 2.23. The van der Waals surface area contributed by atoms with Crippen LogP contribution in [0, 0.1) is 6.92 Å². The first kappa shape index (κ1) is 22.1. The highest BCUT2D eigenvalue weighted by Crippen LogP contribution is 2.32. The zero-order valence-electron chi connectivity index (χ0n) is 18.6. The van der Waals surface area contributed by atoms with Gasteiger partial charge in [-0.05, 0) is 41.3 Å². The van der Waals surface area contributed by atoms with E-state index in [1.54, 1.807) is 44.5 Å². The summed E-state index contributed by atoms with van der Waals surface area (Å²) in [6.07, 6.45) is 1.33. The van der Waals surface area contributed by atoms with Crippen molar-refractivity contribution in [1.82, 2.24) is 9.38 Å². The van der Waals surface area contributed by atoms with Crippen molar-refractivity contribution in [1.29, 1.82) is 0 Å². The van der Waals surface area contributed by atoms with Crippen LogP contribution in [-0.2, 0) is 9.53 Å². The Morgan fingerprint density at radius 3 is 2.45 bits per heavy atom. The van der Waals surface area contributed by atoms with Gasteiger partial charge in [-0.3, -0.25) is 9.20 Å². The maximum Gasteiger partial charge on any atom is 0.336 e. The van der Waals surface area contributed by atoms with Gasteiger partial charge in [0, 0.05) is 6.42 Å². The fourth-order valence-corrected chi connectivity index (χ4v) is 3.78. The summed E-state index contributed by atoms with van der Waals surface area (Å²) in [5.74, 6) is -0.853. The van der Waals surface area contributed by atoms with Crippen LogP contribution in [-0.4, -0.2) is 33.5 Å². The number of aromatic nitrogens is 2. The number of imidazole rings is 1. The molecule has 2 aromatic heterocycles. The number of carboxylic acids is 1. The second kappa shape index (κ2) is 9.16. The van der Waals surface area contributed by atoms with E-state index in [4.69, 9.17) is 9.47 Å². The number of esters is 1. The molecule has 2 aromatic carbocycles. The Balaban J connectivity index is 1.81. The van der Waals surface area contributed by atoms with Crippen LogP contribution >= 0.6 is 0 Å². The summed E-state index contributed by atoms with van der Waals surface area (Å²) < 4.78 is 13.0. The number of hydrogen-bond donors (Lipinski definition) is 1. The normalized spacial score (nSPS) is 11.8. The summed E-state index contributed by atoms with van der Waals surface area (Å²) in [5, 5.41) is 9.51. The number of aromatic carboxylic acids is 1. The van der Waals surface area contributed by atoms with Gasteiger partial charge in [0.1, 0.15) is 5.65 Å². The molecule has 1 atom stereocenters. The molecule has 7 nitrogen and oxygen atoms in total. The van der Waals surface area contributed by atoms with Crippen LogP contribution in [0.15, 0.2) is 66.9 Å². The Hall–Kier alpha value is -4.13. The maximum atomic E-state index is 12.3. The molecule has 4 aromatic rings. The predicted octanol–water partition coefficient (Wildman–Crippen LogP) is 5.06. The maximum absolute atomic E-state index is 12.3. The molecule has 0 spiro atoms. The molecular weight excluding hydrogens is 420 g/mol. The van der Waals surface area contributed by atoms with E-state index in [0.717, 1.165) is 22.4 Å².